The van der Waals surface area contributed by atoms with E-state index < -0.39 is 12.1 Å². The maximum Gasteiger partial charge on any atom is 0.471 e. The van der Waals surface area contributed by atoms with Gasteiger partial charge in [0.1, 0.15) is 0 Å². The molecule has 0 radical (unpaired) electrons. The molecular weight excluding hydrogens is 359 g/mol. The van der Waals surface area contributed by atoms with Crippen LogP contribution < -0.4 is 0 Å². The van der Waals surface area contributed by atoms with Gasteiger partial charge in [-0.05, 0) is 36.8 Å². The zero-order chi connectivity index (χ0) is 19.1. The number of halogens is 3. The average Bonchev–Trinajstić information content (AvgIpc) is 3.30. The fourth-order valence-electron chi connectivity index (χ4n) is 4.22. The number of amides is 1. The summed E-state index contributed by atoms with van der Waals surface area (Å²) >= 11 is 0. The summed E-state index contributed by atoms with van der Waals surface area (Å²) in [5, 5.41) is 3.36. The number of nitrogens with zero attached hydrogens (tertiary/aromatic N) is 3. The molecule has 2 aliphatic rings. The van der Waals surface area contributed by atoms with E-state index in [9.17, 15) is 18.0 Å². The van der Waals surface area contributed by atoms with Crippen molar-refractivity contribution in [3.05, 3.63) is 35.7 Å². The van der Waals surface area contributed by atoms with Crippen LogP contribution in [-0.4, -0.2) is 34.0 Å². The van der Waals surface area contributed by atoms with Crippen molar-refractivity contribution in [1.82, 2.24) is 15.0 Å². The molecule has 1 aromatic heterocycles. The van der Waals surface area contributed by atoms with Gasteiger partial charge in [-0.3, -0.25) is 4.79 Å². The van der Waals surface area contributed by atoms with Gasteiger partial charge in [-0.15, -0.1) is 0 Å². The Morgan fingerprint density at radius 2 is 1.78 bits per heavy atom. The molecule has 2 fully saturated rings. The van der Waals surface area contributed by atoms with E-state index in [-0.39, 0.29) is 17.1 Å². The first kappa shape index (κ1) is 18.0. The van der Waals surface area contributed by atoms with Gasteiger partial charge in [-0.1, -0.05) is 36.6 Å². The normalized spacial score (nSPS) is 19.6. The molecule has 2 heterocycles. The van der Waals surface area contributed by atoms with Crippen LogP contribution in [0.1, 0.15) is 54.8 Å². The Kier molecular flexibility index (Phi) is 4.44. The lowest BCUT2D eigenvalue weighted by molar-refractivity contribution is -0.159. The van der Waals surface area contributed by atoms with Crippen molar-refractivity contribution in [1.29, 1.82) is 0 Å². The molecule has 0 N–H and O–H groups in total. The average molecular weight is 379 g/mol. The van der Waals surface area contributed by atoms with Crippen LogP contribution in [0.15, 0.2) is 28.8 Å². The number of aromatic nitrogens is 2. The molecule has 1 aliphatic carbocycles. The van der Waals surface area contributed by atoms with Crippen LogP contribution in [0.2, 0.25) is 0 Å². The van der Waals surface area contributed by atoms with E-state index in [1.807, 2.05) is 4.90 Å². The number of carbonyl (C=O) groups excluding carboxylic acids is 1. The highest BCUT2D eigenvalue weighted by atomic mass is 19.4. The molecule has 8 heteroatoms. The van der Waals surface area contributed by atoms with Gasteiger partial charge in [0.2, 0.25) is 5.82 Å². The summed E-state index contributed by atoms with van der Waals surface area (Å²) in [6.07, 6.45) is 2.52. The molecule has 0 bridgehead atoms. The molecule has 1 aliphatic heterocycles. The molecule has 0 atom stereocenters. The number of hydrogen-bond acceptors (Lipinski definition) is 4. The minimum Gasteiger partial charge on any atom is -0.338 e. The Bertz CT molecular complexity index is 823. The van der Waals surface area contributed by atoms with Crippen molar-refractivity contribution in [2.75, 3.05) is 13.1 Å². The highest BCUT2D eigenvalue weighted by molar-refractivity contribution is 5.94. The molecule has 2 aromatic rings. The number of likely N-dealkylation sites (tertiary alicyclic amines) is 1. The summed E-state index contributed by atoms with van der Waals surface area (Å²) in [7, 11) is 0. The number of alkyl halides is 3. The Labute approximate surface area is 154 Å². The Morgan fingerprint density at radius 1 is 1.07 bits per heavy atom. The summed E-state index contributed by atoms with van der Waals surface area (Å²) < 4.78 is 41.9. The third-order valence-corrected chi connectivity index (χ3v) is 5.70. The Morgan fingerprint density at radius 3 is 2.41 bits per heavy atom. The van der Waals surface area contributed by atoms with E-state index >= 15 is 0 Å². The van der Waals surface area contributed by atoms with Crippen molar-refractivity contribution >= 4 is 5.91 Å². The monoisotopic (exact) mass is 379 g/mol. The topological polar surface area (TPSA) is 59.2 Å². The van der Waals surface area contributed by atoms with Gasteiger partial charge in [0, 0.05) is 24.2 Å². The van der Waals surface area contributed by atoms with E-state index in [2.05, 4.69) is 14.7 Å². The molecule has 1 saturated heterocycles. The zero-order valence-electron chi connectivity index (χ0n) is 14.8. The molecule has 1 saturated carbocycles. The lowest BCUT2D eigenvalue weighted by atomic mass is 9.73. The van der Waals surface area contributed by atoms with Gasteiger partial charge < -0.3 is 9.42 Å². The van der Waals surface area contributed by atoms with E-state index in [1.165, 1.54) is 32.1 Å². The largest absolute Gasteiger partial charge is 0.471 e. The first-order valence-electron chi connectivity index (χ1n) is 9.17. The lowest BCUT2D eigenvalue weighted by Crippen LogP contribution is -2.33. The van der Waals surface area contributed by atoms with Crippen molar-refractivity contribution in [3.8, 4) is 11.4 Å². The first-order valence-corrected chi connectivity index (χ1v) is 9.17. The number of rotatable bonds is 2. The van der Waals surface area contributed by atoms with Gasteiger partial charge in [0.25, 0.3) is 5.91 Å². The third kappa shape index (κ3) is 3.57. The predicted octanol–water partition coefficient (Wildman–Crippen LogP) is 4.55. The van der Waals surface area contributed by atoms with Gasteiger partial charge >= 0.3 is 12.1 Å². The summed E-state index contributed by atoms with van der Waals surface area (Å²) in [5.41, 5.74) is 1.18. The molecule has 1 spiro atoms. The summed E-state index contributed by atoms with van der Waals surface area (Å²) in [6, 6.07) is 6.30. The van der Waals surface area contributed by atoms with Crippen LogP contribution in [0.3, 0.4) is 0 Å². The second kappa shape index (κ2) is 6.65. The highest BCUT2D eigenvalue weighted by Gasteiger charge is 2.41. The second-order valence-electron chi connectivity index (χ2n) is 7.54. The SMILES string of the molecule is O=C(c1ccc(-c2noc(C(F)(F)F)n2)cc1)N1CCC2(CCCCC2)C1. The molecule has 27 heavy (non-hydrogen) atoms. The van der Waals surface area contributed by atoms with Crippen LogP contribution in [0, 0.1) is 5.41 Å². The van der Waals surface area contributed by atoms with Crippen molar-refractivity contribution in [3.63, 3.8) is 0 Å². The third-order valence-electron chi connectivity index (χ3n) is 5.70. The summed E-state index contributed by atoms with van der Waals surface area (Å²) in [5.74, 6) is -1.57. The molecule has 144 valence electrons. The standard InChI is InChI=1S/C19H20F3N3O2/c20-19(21,22)17-23-15(24-27-17)13-4-6-14(7-5-13)16(26)25-11-10-18(12-25)8-2-1-3-9-18/h4-7H,1-3,8-12H2. The van der Waals surface area contributed by atoms with E-state index in [0.717, 1.165) is 19.5 Å². The van der Waals surface area contributed by atoms with Gasteiger partial charge in [0.05, 0.1) is 0 Å². The van der Waals surface area contributed by atoms with E-state index in [1.54, 1.807) is 24.3 Å². The fourth-order valence-corrected chi connectivity index (χ4v) is 4.22. The van der Waals surface area contributed by atoms with Crippen LogP contribution in [0.4, 0.5) is 13.2 Å². The van der Waals surface area contributed by atoms with Crippen LogP contribution in [0.25, 0.3) is 11.4 Å². The quantitative estimate of drug-likeness (QED) is 0.768. The number of hydrogen-bond donors (Lipinski definition) is 0. The molecule has 0 unspecified atom stereocenters. The van der Waals surface area contributed by atoms with Crippen LogP contribution >= 0.6 is 0 Å². The molecule has 4 rings (SSSR count). The lowest BCUT2D eigenvalue weighted by Gasteiger charge is -2.33. The smallest absolute Gasteiger partial charge is 0.338 e. The summed E-state index contributed by atoms with van der Waals surface area (Å²) in [6.45, 7) is 1.56. The van der Waals surface area contributed by atoms with Gasteiger partial charge in [0.15, 0.2) is 0 Å². The first-order chi connectivity index (χ1) is 12.9. The summed E-state index contributed by atoms with van der Waals surface area (Å²) in [4.78, 5) is 18.0. The predicted molar refractivity (Wildman–Crippen MR) is 90.8 cm³/mol. The molecule has 1 amide bonds. The van der Waals surface area contributed by atoms with Crippen LogP contribution in [-0.2, 0) is 6.18 Å². The molecule has 5 nitrogen and oxygen atoms in total. The van der Waals surface area contributed by atoms with E-state index in [4.69, 9.17) is 0 Å². The minimum absolute atomic E-state index is 0.0342. The highest BCUT2D eigenvalue weighted by Crippen LogP contribution is 2.44. The number of benzene rings is 1. The Balaban J connectivity index is 1.46. The number of carbonyl (C=O) groups is 1. The zero-order valence-corrected chi connectivity index (χ0v) is 14.8. The molecular formula is C19H20F3N3O2. The second-order valence-corrected chi connectivity index (χ2v) is 7.54. The molecule has 1 aromatic carbocycles. The van der Waals surface area contributed by atoms with Crippen molar-refractivity contribution in [2.45, 2.75) is 44.7 Å². The fraction of sp³-hybridized carbons (Fsp3) is 0.526. The van der Waals surface area contributed by atoms with E-state index in [0.29, 0.717) is 11.1 Å². The van der Waals surface area contributed by atoms with Gasteiger partial charge in [-0.2, -0.15) is 18.2 Å². The Hall–Kier alpha value is -2.38. The van der Waals surface area contributed by atoms with Crippen LogP contribution in [0.5, 0.6) is 0 Å². The maximum atomic E-state index is 12.8. The van der Waals surface area contributed by atoms with Gasteiger partial charge in [-0.25, -0.2) is 0 Å². The van der Waals surface area contributed by atoms with Crippen molar-refractivity contribution < 1.29 is 22.5 Å². The van der Waals surface area contributed by atoms with Crippen molar-refractivity contribution in [2.24, 2.45) is 5.41 Å². The maximum absolute atomic E-state index is 12.8. The minimum atomic E-state index is -4.67.